The van der Waals surface area contributed by atoms with Crippen molar-refractivity contribution in [2.24, 2.45) is 4.99 Å². The van der Waals surface area contributed by atoms with Crippen LogP contribution in [0.3, 0.4) is 0 Å². The summed E-state index contributed by atoms with van der Waals surface area (Å²) in [5.41, 5.74) is 0.855. The number of likely N-dealkylation sites (tertiary alicyclic amines) is 1. The summed E-state index contributed by atoms with van der Waals surface area (Å²) in [6, 6.07) is 5.98. The van der Waals surface area contributed by atoms with Crippen molar-refractivity contribution in [3.8, 4) is 11.5 Å². The van der Waals surface area contributed by atoms with Gasteiger partial charge in [-0.15, -0.1) is 0 Å². The first-order valence-electron chi connectivity index (χ1n) is 10.5. The number of benzene rings is 1. The van der Waals surface area contributed by atoms with E-state index in [0.29, 0.717) is 18.5 Å². The number of aliphatic imine (C=N–C) groups is 1. The average Bonchev–Trinajstić information content (AvgIpc) is 3.40. The van der Waals surface area contributed by atoms with Crippen molar-refractivity contribution < 1.29 is 22.6 Å². The fourth-order valence-corrected chi connectivity index (χ4v) is 4.18. The van der Waals surface area contributed by atoms with Crippen LogP contribution in [0.15, 0.2) is 23.2 Å². The number of nitrogens with zero attached hydrogens (tertiary/aromatic N) is 2. The van der Waals surface area contributed by atoms with Crippen LogP contribution in [0.2, 0.25) is 0 Å². The highest BCUT2D eigenvalue weighted by Crippen LogP contribution is 2.30. The van der Waals surface area contributed by atoms with Crippen LogP contribution in [0, 0.1) is 0 Å². The molecule has 2 aliphatic rings. The van der Waals surface area contributed by atoms with E-state index in [1.165, 1.54) is 38.9 Å². The number of halogens is 3. The van der Waals surface area contributed by atoms with Crippen molar-refractivity contribution in [2.45, 2.75) is 56.9 Å². The normalized spacial score (nSPS) is 21.1. The zero-order valence-corrected chi connectivity index (χ0v) is 17.6. The second-order valence-corrected chi connectivity index (χ2v) is 7.88. The lowest BCUT2D eigenvalue weighted by Gasteiger charge is -2.24. The summed E-state index contributed by atoms with van der Waals surface area (Å²) < 4.78 is 47.2. The van der Waals surface area contributed by atoms with Crippen LogP contribution in [0.1, 0.15) is 37.7 Å². The highest BCUT2D eigenvalue weighted by molar-refractivity contribution is 5.80. The quantitative estimate of drug-likeness (QED) is 0.516. The molecule has 168 valence electrons. The predicted molar refractivity (Wildman–Crippen MR) is 110 cm³/mol. The number of nitrogens with one attached hydrogen (secondary N) is 2. The van der Waals surface area contributed by atoms with Crippen molar-refractivity contribution in [3.05, 3.63) is 23.8 Å². The zero-order chi connectivity index (χ0) is 21.6. The second-order valence-electron chi connectivity index (χ2n) is 7.88. The maximum Gasteiger partial charge on any atom is 0.422 e. The van der Waals surface area contributed by atoms with Gasteiger partial charge < -0.3 is 20.1 Å². The molecular formula is C21H31F3N4O2. The molecule has 2 fully saturated rings. The molecule has 1 aliphatic heterocycles. The Morgan fingerprint density at radius 2 is 1.97 bits per heavy atom. The summed E-state index contributed by atoms with van der Waals surface area (Å²) in [6.45, 7) is 1.27. The van der Waals surface area contributed by atoms with E-state index in [9.17, 15) is 13.2 Å². The van der Waals surface area contributed by atoms with E-state index in [1.54, 1.807) is 19.2 Å². The molecule has 1 heterocycles. The van der Waals surface area contributed by atoms with E-state index in [4.69, 9.17) is 9.47 Å². The van der Waals surface area contributed by atoms with Crippen molar-refractivity contribution in [1.29, 1.82) is 0 Å². The number of hydrogen-bond donors (Lipinski definition) is 2. The van der Waals surface area contributed by atoms with Gasteiger partial charge in [-0.3, -0.25) is 9.89 Å². The lowest BCUT2D eigenvalue weighted by Crippen LogP contribution is -2.45. The van der Waals surface area contributed by atoms with E-state index < -0.39 is 12.8 Å². The smallest absolute Gasteiger partial charge is 0.422 e. The van der Waals surface area contributed by atoms with Gasteiger partial charge in [0, 0.05) is 38.8 Å². The fraction of sp³-hybridized carbons (Fsp3) is 0.667. The second kappa shape index (κ2) is 10.2. The number of rotatable bonds is 7. The van der Waals surface area contributed by atoms with Crippen molar-refractivity contribution >= 4 is 5.96 Å². The highest BCUT2D eigenvalue weighted by atomic mass is 19.4. The Hall–Kier alpha value is -2.16. The maximum atomic E-state index is 12.4. The molecule has 1 atom stereocenters. The van der Waals surface area contributed by atoms with Gasteiger partial charge >= 0.3 is 6.18 Å². The topological polar surface area (TPSA) is 58.1 Å². The molecule has 2 N–H and O–H groups in total. The van der Waals surface area contributed by atoms with Crippen LogP contribution >= 0.6 is 0 Å². The number of ether oxygens (including phenoxy) is 2. The highest BCUT2D eigenvalue weighted by Gasteiger charge is 2.30. The molecule has 6 nitrogen and oxygen atoms in total. The minimum absolute atomic E-state index is 0.0686. The van der Waals surface area contributed by atoms with Crippen LogP contribution in [-0.4, -0.2) is 63.0 Å². The van der Waals surface area contributed by atoms with Gasteiger partial charge in [0.1, 0.15) is 0 Å². The van der Waals surface area contributed by atoms with E-state index in [-0.39, 0.29) is 11.5 Å². The summed E-state index contributed by atoms with van der Waals surface area (Å²) in [5, 5.41) is 6.75. The molecule has 0 spiro atoms. The predicted octanol–water partition coefficient (Wildman–Crippen LogP) is 3.32. The molecular weight excluding hydrogens is 397 g/mol. The lowest BCUT2D eigenvalue weighted by molar-refractivity contribution is -0.153. The van der Waals surface area contributed by atoms with Gasteiger partial charge in [-0.25, -0.2) is 0 Å². The molecule has 1 saturated carbocycles. The van der Waals surface area contributed by atoms with Gasteiger partial charge in [0.15, 0.2) is 24.1 Å². The summed E-state index contributed by atoms with van der Waals surface area (Å²) in [4.78, 5) is 6.89. The standard InChI is InChI=1S/C21H31F3N4O2/c1-25-20(27-16-9-10-28(13-16)17-5-3-4-6-17)26-12-15-7-8-18(19(11-15)29-2)30-14-21(22,23)24/h7-8,11,16-17H,3-6,9-10,12-14H2,1-2H3,(H2,25,26,27). The monoisotopic (exact) mass is 428 g/mol. The minimum atomic E-state index is -4.39. The molecule has 30 heavy (non-hydrogen) atoms. The van der Waals surface area contributed by atoms with Crippen LogP contribution in [-0.2, 0) is 6.54 Å². The molecule has 9 heteroatoms. The Kier molecular flexibility index (Phi) is 7.69. The van der Waals surface area contributed by atoms with Crippen LogP contribution in [0.4, 0.5) is 13.2 Å². The van der Waals surface area contributed by atoms with Gasteiger partial charge in [0.05, 0.1) is 7.11 Å². The molecule has 1 aromatic carbocycles. The zero-order valence-electron chi connectivity index (χ0n) is 17.6. The Balaban J connectivity index is 1.49. The summed E-state index contributed by atoms with van der Waals surface area (Å²) in [7, 11) is 3.14. The summed E-state index contributed by atoms with van der Waals surface area (Å²) in [5.74, 6) is 1.05. The van der Waals surface area contributed by atoms with Gasteiger partial charge in [0.25, 0.3) is 0 Å². The molecule has 0 radical (unpaired) electrons. The van der Waals surface area contributed by atoms with E-state index in [1.807, 2.05) is 0 Å². The first-order chi connectivity index (χ1) is 14.4. The first-order valence-corrected chi connectivity index (χ1v) is 10.5. The van der Waals surface area contributed by atoms with E-state index >= 15 is 0 Å². The number of guanidine groups is 1. The van der Waals surface area contributed by atoms with Crippen LogP contribution in [0.25, 0.3) is 0 Å². The third-order valence-corrected chi connectivity index (χ3v) is 5.70. The lowest BCUT2D eigenvalue weighted by atomic mass is 10.2. The van der Waals surface area contributed by atoms with Crippen molar-refractivity contribution in [3.63, 3.8) is 0 Å². The first kappa shape index (κ1) is 22.5. The molecule has 1 aromatic rings. The van der Waals surface area contributed by atoms with Crippen LogP contribution in [0.5, 0.6) is 11.5 Å². The molecule has 0 bridgehead atoms. The number of alkyl halides is 3. The number of methoxy groups -OCH3 is 1. The number of hydrogen-bond acceptors (Lipinski definition) is 4. The Labute approximate surface area is 175 Å². The molecule has 1 saturated heterocycles. The van der Waals surface area contributed by atoms with Gasteiger partial charge in [0.2, 0.25) is 0 Å². The van der Waals surface area contributed by atoms with Gasteiger partial charge in [-0.05, 0) is 37.0 Å². The Morgan fingerprint density at radius 1 is 1.20 bits per heavy atom. The molecule has 0 aromatic heterocycles. The minimum Gasteiger partial charge on any atom is -0.493 e. The summed E-state index contributed by atoms with van der Waals surface area (Å²) in [6.07, 6.45) is 2.00. The third-order valence-electron chi connectivity index (χ3n) is 5.70. The van der Waals surface area contributed by atoms with Crippen molar-refractivity contribution in [2.75, 3.05) is 33.9 Å². The molecule has 1 aliphatic carbocycles. The SMILES string of the molecule is CN=C(NCc1ccc(OCC(F)(F)F)c(OC)c1)NC1CCN(C2CCCC2)C1. The third kappa shape index (κ3) is 6.42. The van der Waals surface area contributed by atoms with Crippen molar-refractivity contribution in [1.82, 2.24) is 15.5 Å². The van der Waals surface area contributed by atoms with Gasteiger partial charge in [-0.1, -0.05) is 18.9 Å². The molecule has 3 rings (SSSR count). The van der Waals surface area contributed by atoms with Crippen LogP contribution < -0.4 is 20.1 Å². The fourth-order valence-electron chi connectivity index (χ4n) is 4.18. The largest absolute Gasteiger partial charge is 0.493 e. The van der Waals surface area contributed by atoms with E-state index in [0.717, 1.165) is 31.1 Å². The maximum absolute atomic E-state index is 12.4. The van der Waals surface area contributed by atoms with Gasteiger partial charge in [-0.2, -0.15) is 13.2 Å². The molecule has 0 amide bonds. The summed E-state index contributed by atoms with van der Waals surface area (Å²) >= 11 is 0. The molecule has 1 unspecified atom stereocenters. The average molecular weight is 428 g/mol. The van der Waals surface area contributed by atoms with E-state index in [2.05, 4.69) is 20.5 Å². The Morgan fingerprint density at radius 3 is 2.63 bits per heavy atom. The Bertz CT molecular complexity index is 721.